The van der Waals surface area contributed by atoms with Gasteiger partial charge in [0.25, 0.3) is 0 Å². The Morgan fingerprint density at radius 3 is 2.47 bits per heavy atom. The molecule has 84 valence electrons. The zero-order chi connectivity index (χ0) is 12.3. The van der Waals surface area contributed by atoms with Crippen LogP contribution in [0.3, 0.4) is 0 Å². The number of para-hydroxylation sites is 1. The predicted molar refractivity (Wildman–Crippen MR) is 65.1 cm³/mol. The molecule has 0 heterocycles. The van der Waals surface area contributed by atoms with Gasteiger partial charge in [0.05, 0.1) is 5.69 Å². The fourth-order valence-corrected chi connectivity index (χ4v) is 1.57. The van der Waals surface area contributed by atoms with Gasteiger partial charge in [-0.05, 0) is 23.2 Å². The van der Waals surface area contributed by atoms with Crippen LogP contribution in [0.5, 0.6) is 0 Å². The number of nitrogens with two attached hydrogens (primary N) is 1. The number of azide groups is 1. The van der Waals surface area contributed by atoms with Gasteiger partial charge < -0.3 is 5.73 Å². The van der Waals surface area contributed by atoms with Crippen molar-refractivity contribution in [2.75, 3.05) is 5.73 Å². The predicted octanol–water partition coefficient (Wildman–Crippen LogP) is 4.02. The van der Waals surface area contributed by atoms with Gasteiger partial charge in [-0.15, -0.1) is 0 Å². The summed E-state index contributed by atoms with van der Waals surface area (Å²) in [6.45, 7) is 0. The first-order valence-electron chi connectivity index (χ1n) is 4.92. The smallest absolute Gasteiger partial charge is 0.123 e. The molecule has 2 N–H and O–H groups in total. The molecule has 0 fully saturated rings. The van der Waals surface area contributed by atoms with Crippen LogP contribution in [0.15, 0.2) is 47.6 Å². The molecule has 0 atom stereocenters. The molecule has 0 radical (unpaired) electrons. The Hall–Kier alpha value is -2.52. The van der Waals surface area contributed by atoms with Crippen LogP contribution in [0.2, 0.25) is 0 Å². The Morgan fingerprint density at radius 1 is 1.12 bits per heavy atom. The Morgan fingerprint density at radius 2 is 1.82 bits per heavy atom. The number of halogens is 1. The molecule has 0 aliphatic carbocycles. The molecule has 0 aromatic heterocycles. The van der Waals surface area contributed by atoms with Gasteiger partial charge in [-0.25, -0.2) is 4.39 Å². The number of benzene rings is 2. The molecular weight excluding hydrogens is 219 g/mol. The van der Waals surface area contributed by atoms with Crippen molar-refractivity contribution in [1.82, 2.24) is 0 Å². The van der Waals surface area contributed by atoms with Crippen LogP contribution in [0.1, 0.15) is 0 Å². The Bertz CT molecular complexity index is 586. The second kappa shape index (κ2) is 4.55. The van der Waals surface area contributed by atoms with Crippen molar-refractivity contribution in [3.63, 3.8) is 0 Å². The lowest BCUT2D eigenvalue weighted by molar-refractivity contribution is 0.628. The molecule has 0 aliphatic rings. The average molecular weight is 228 g/mol. The maximum Gasteiger partial charge on any atom is 0.123 e. The quantitative estimate of drug-likeness (QED) is 0.358. The lowest BCUT2D eigenvalue weighted by Crippen LogP contribution is -1.90. The third-order valence-electron chi connectivity index (χ3n) is 2.39. The number of rotatable bonds is 2. The fourth-order valence-electron chi connectivity index (χ4n) is 1.57. The summed E-state index contributed by atoms with van der Waals surface area (Å²) in [6.07, 6.45) is 0. The van der Waals surface area contributed by atoms with Gasteiger partial charge in [-0.2, -0.15) is 0 Å². The molecule has 0 aliphatic heterocycles. The van der Waals surface area contributed by atoms with E-state index in [0.29, 0.717) is 11.4 Å². The minimum absolute atomic E-state index is 0.307. The first-order valence-corrected chi connectivity index (χ1v) is 4.92. The van der Waals surface area contributed by atoms with Crippen LogP contribution < -0.4 is 5.73 Å². The highest BCUT2D eigenvalue weighted by atomic mass is 19.1. The van der Waals surface area contributed by atoms with E-state index >= 15 is 0 Å². The van der Waals surface area contributed by atoms with Crippen molar-refractivity contribution >= 4 is 11.4 Å². The molecular formula is C12H9FN4. The monoisotopic (exact) mass is 228 g/mol. The molecule has 2 aromatic carbocycles. The van der Waals surface area contributed by atoms with Crippen LogP contribution >= 0.6 is 0 Å². The summed E-state index contributed by atoms with van der Waals surface area (Å²) in [6, 6.07) is 11.1. The number of nitrogen functional groups attached to an aromatic ring is 1. The highest BCUT2D eigenvalue weighted by Gasteiger charge is 2.05. The van der Waals surface area contributed by atoms with Crippen molar-refractivity contribution in [2.24, 2.45) is 5.11 Å². The largest absolute Gasteiger partial charge is 0.398 e. The summed E-state index contributed by atoms with van der Waals surface area (Å²) in [5, 5.41) is 3.49. The van der Waals surface area contributed by atoms with E-state index in [2.05, 4.69) is 10.0 Å². The Balaban J connectivity index is 2.56. The van der Waals surface area contributed by atoms with E-state index in [0.717, 1.165) is 11.1 Å². The van der Waals surface area contributed by atoms with E-state index in [-0.39, 0.29) is 5.82 Å². The summed E-state index contributed by atoms with van der Waals surface area (Å²) in [4.78, 5) is 2.70. The van der Waals surface area contributed by atoms with E-state index < -0.39 is 0 Å². The van der Waals surface area contributed by atoms with E-state index in [4.69, 9.17) is 11.3 Å². The van der Waals surface area contributed by atoms with Crippen molar-refractivity contribution in [2.45, 2.75) is 0 Å². The second-order valence-corrected chi connectivity index (χ2v) is 3.43. The maximum atomic E-state index is 12.8. The molecule has 0 spiro atoms. The summed E-state index contributed by atoms with van der Waals surface area (Å²) in [5.74, 6) is -0.307. The van der Waals surface area contributed by atoms with Gasteiger partial charge in [0.2, 0.25) is 0 Å². The van der Waals surface area contributed by atoms with Gasteiger partial charge in [-0.3, -0.25) is 0 Å². The number of nitrogens with zero attached hydrogens (tertiary/aromatic N) is 3. The van der Waals surface area contributed by atoms with Crippen molar-refractivity contribution in [3.8, 4) is 11.1 Å². The standard InChI is InChI=1S/C12H9FN4/c13-9-6-4-8(5-7-9)10-2-1-3-11(12(10)14)16-17-15/h1-7H,14H2. The minimum atomic E-state index is -0.307. The molecule has 0 unspecified atom stereocenters. The molecule has 17 heavy (non-hydrogen) atoms. The zero-order valence-corrected chi connectivity index (χ0v) is 8.84. The minimum Gasteiger partial charge on any atom is -0.398 e. The highest BCUT2D eigenvalue weighted by molar-refractivity contribution is 5.83. The van der Waals surface area contributed by atoms with Crippen LogP contribution in [-0.2, 0) is 0 Å². The highest BCUT2D eigenvalue weighted by Crippen LogP contribution is 2.33. The van der Waals surface area contributed by atoms with Crippen molar-refractivity contribution in [1.29, 1.82) is 0 Å². The van der Waals surface area contributed by atoms with Crippen LogP contribution in [-0.4, -0.2) is 0 Å². The molecule has 4 nitrogen and oxygen atoms in total. The molecule has 0 bridgehead atoms. The van der Waals surface area contributed by atoms with Gasteiger partial charge in [-0.1, -0.05) is 35.4 Å². The molecule has 0 saturated carbocycles. The maximum absolute atomic E-state index is 12.8. The van der Waals surface area contributed by atoms with E-state index in [9.17, 15) is 4.39 Å². The second-order valence-electron chi connectivity index (χ2n) is 3.43. The third kappa shape index (κ3) is 2.19. The average Bonchev–Trinajstić information content (AvgIpc) is 2.34. The molecule has 0 amide bonds. The molecule has 2 aromatic rings. The summed E-state index contributed by atoms with van der Waals surface area (Å²) < 4.78 is 12.8. The van der Waals surface area contributed by atoms with E-state index in [1.807, 2.05) is 0 Å². The summed E-state index contributed by atoms with van der Waals surface area (Å²) in [7, 11) is 0. The number of anilines is 1. The lowest BCUT2D eigenvalue weighted by Gasteiger charge is -2.07. The van der Waals surface area contributed by atoms with Gasteiger partial charge in [0.1, 0.15) is 5.82 Å². The van der Waals surface area contributed by atoms with Crippen LogP contribution in [0, 0.1) is 5.82 Å². The van der Waals surface area contributed by atoms with Gasteiger partial charge in [0.15, 0.2) is 0 Å². The third-order valence-corrected chi connectivity index (χ3v) is 2.39. The topological polar surface area (TPSA) is 74.8 Å². The summed E-state index contributed by atoms with van der Waals surface area (Å²) in [5.41, 5.74) is 16.5. The van der Waals surface area contributed by atoms with Crippen molar-refractivity contribution in [3.05, 3.63) is 58.7 Å². The van der Waals surface area contributed by atoms with Crippen LogP contribution in [0.4, 0.5) is 15.8 Å². The summed E-state index contributed by atoms with van der Waals surface area (Å²) >= 11 is 0. The van der Waals surface area contributed by atoms with Crippen LogP contribution in [0.25, 0.3) is 21.6 Å². The first kappa shape index (κ1) is 11.0. The van der Waals surface area contributed by atoms with Crippen molar-refractivity contribution < 1.29 is 4.39 Å². The molecule has 0 saturated heterocycles. The SMILES string of the molecule is [N-]=[N+]=Nc1cccc(-c2ccc(F)cc2)c1N. The molecule has 2 rings (SSSR count). The Labute approximate surface area is 97.1 Å². The zero-order valence-electron chi connectivity index (χ0n) is 8.84. The van der Waals surface area contributed by atoms with Gasteiger partial charge >= 0.3 is 0 Å². The van der Waals surface area contributed by atoms with Gasteiger partial charge in [0, 0.05) is 16.2 Å². The number of hydrogen-bond donors (Lipinski definition) is 1. The fraction of sp³-hybridized carbons (Fsp3) is 0. The van der Waals surface area contributed by atoms with E-state index in [1.165, 1.54) is 12.1 Å². The molecule has 5 heteroatoms. The van der Waals surface area contributed by atoms with E-state index in [1.54, 1.807) is 30.3 Å². The lowest BCUT2D eigenvalue weighted by atomic mass is 10.0. The normalized spacial score (nSPS) is 9.71. The Kier molecular flexibility index (Phi) is 2.94. The number of hydrogen-bond acceptors (Lipinski definition) is 2. The first-order chi connectivity index (χ1) is 8.22.